The van der Waals surface area contributed by atoms with Crippen molar-refractivity contribution in [3.63, 3.8) is 0 Å². The van der Waals surface area contributed by atoms with Crippen molar-refractivity contribution >= 4 is 17.4 Å². The molecule has 17 heavy (non-hydrogen) atoms. The first-order valence-corrected chi connectivity index (χ1v) is 5.50. The summed E-state index contributed by atoms with van der Waals surface area (Å²) in [4.78, 5) is 7.96. The number of rotatable bonds is 3. The Balaban J connectivity index is 2.07. The predicted octanol–water partition coefficient (Wildman–Crippen LogP) is 3.19. The van der Waals surface area contributed by atoms with Crippen LogP contribution in [0.1, 0.15) is 11.1 Å². The number of nitrogens with one attached hydrogen (secondary N) is 1. The molecule has 0 saturated heterocycles. The van der Waals surface area contributed by atoms with Crippen LogP contribution < -0.4 is 5.32 Å². The molecule has 0 unspecified atom stereocenters. The summed E-state index contributed by atoms with van der Waals surface area (Å²) in [7, 11) is 0. The summed E-state index contributed by atoms with van der Waals surface area (Å²) in [6.07, 6.45) is 1.41. The van der Waals surface area contributed by atoms with E-state index >= 15 is 0 Å². The van der Waals surface area contributed by atoms with Crippen molar-refractivity contribution in [1.29, 1.82) is 0 Å². The lowest BCUT2D eigenvalue weighted by atomic mass is 10.2. The minimum absolute atomic E-state index is 0.241. The second-order valence-corrected chi connectivity index (χ2v) is 3.98. The average Bonchev–Trinajstić information content (AvgIpc) is 2.33. The quantitative estimate of drug-likeness (QED) is 0.852. The molecule has 0 amide bonds. The molecule has 3 nitrogen and oxygen atoms in total. The van der Waals surface area contributed by atoms with Crippen molar-refractivity contribution in [3.8, 4) is 0 Å². The summed E-state index contributed by atoms with van der Waals surface area (Å²) in [6, 6.07) is 6.30. The first-order valence-electron chi connectivity index (χ1n) is 5.12. The monoisotopic (exact) mass is 251 g/mol. The average molecular weight is 252 g/mol. The Kier molecular flexibility index (Phi) is 3.54. The number of benzene rings is 1. The van der Waals surface area contributed by atoms with Crippen molar-refractivity contribution in [1.82, 2.24) is 9.97 Å². The molecule has 0 spiro atoms. The zero-order chi connectivity index (χ0) is 12.3. The van der Waals surface area contributed by atoms with Crippen LogP contribution >= 0.6 is 11.6 Å². The highest BCUT2D eigenvalue weighted by molar-refractivity contribution is 6.30. The van der Waals surface area contributed by atoms with Gasteiger partial charge in [0.1, 0.15) is 23.1 Å². The van der Waals surface area contributed by atoms with Crippen LogP contribution in [-0.2, 0) is 6.54 Å². The molecule has 1 N–H and O–H groups in total. The first kappa shape index (κ1) is 11.8. The maximum atomic E-state index is 12.7. The lowest BCUT2D eigenvalue weighted by molar-refractivity contribution is 0.627. The Morgan fingerprint density at radius 3 is 2.65 bits per heavy atom. The smallest absolute Gasteiger partial charge is 0.137 e. The molecule has 0 radical (unpaired) electrons. The summed E-state index contributed by atoms with van der Waals surface area (Å²) in [5, 5.41) is 3.56. The van der Waals surface area contributed by atoms with Gasteiger partial charge in [-0.05, 0) is 24.6 Å². The van der Waals surface area contributed by atoms with Gasteiger partial charge in [0.2, 0.25) is 0 Å². The highest BCUT2D eigenvalue weighted by Gasteiger charge is 2.04. The molecule has 1 aromatic carbocycles. The molecule has 0 saturated carbocycles. The van der Waals surface area contributed by atoms with Gasteiger partial charge in [0.15, 0.2) is 0 Å². The molecule has 0 bridgehead atoms. The van der Waals surface area contributed by atoms with Gasteiger partial charge in [-0.3, -0.25) is 0 Å². The van der Waals surface area contributed by atoms with Gasteiger partial charge >= 0.3 is 0 Å². The Bertz CT molecular complexity index is 514. The number of halogens is 2. The molecule has 0 aliphatic carbocycles. The van der Waals surface area contributed by atoms with Crippen molar-refractivity contribution in [2.24, 2.45) is 0 Å². The summed E-state index contributed by atoms with van der Waals surface area (Å²) < 4.78 is 12.7. The van der Waals surface area contributed by atoms with Gasteiger partial charge in [0, 0.05) is 12.1 Å². The summed E-state index contributed by atoms with van der Waals surface area (Å²) in [5.41, 5.74) is 1.77. The van der Waals surface area contributed by atoms with E-state index in [4.69, 9.17) is 11.6 Å². The number of hydrogen-bond donors (Lipinski definition) is 1. The van der Waals surface area contributed by atoms with E-state index < -0.39 is 0 Å². The maximum Gasteiger partial charge on any atom is 0.137 e. The molecule has 0 aliphatic rings. The van der Waals surface area contributed by atoms with Crippen molar-refractivity contribution in [2.45, 2.75) is 13.5 Å². The van der Waals surface area contributed by atoms with Gasteiger partial charge in [-0.2, -0.15) is 0 Å². The largest absolute Gasteiger partial charge is 0.366 e. The Morgan fingerprint density at radius 1 is 1.24 bits per heavy atom. The second kappa shape index (κ2) is 5.10. The lowest BCUT2D eigenvalue weighted by Crippen LogP contribution is -2.04. The molecule has 5 heteroatoms. The second-order valence-electron chi connectivity index (χ2n) is 3.62. The van der Waals surface area contributed by atoms with E-state index in [9.17, 15) is 4.39 Å². The summed E-state index contributed by atoms with van der Waals surface area (Å²) in [5.74, 6) is 0.448. The molecule has 0 fully saturated rings. The van der Waals surface area contributed by atoms with Crippen molar-refractivity contribution < 1.29 is 4.39 Å². The van der Waals surface area contributed by atoms with Crippen LogP contribution in [0.15, 0.2) is 30.6 Å². The Morgan fingerprint density at radius 2 is 1.94 bits per heavy atom. The molecule has 1 aromatic heterocycles. The van der Waals surface area contributed by atoms with Crippen LogP contribution in [0.3, 0.4) is 0 Å². The molecule has 0 aliphatic heterocycles. The molecule has 2 aromatic rings. The fraction of sp³-hybridized carbons (Fsp3) is 0.167. The van der Waals surface area contributed by atoms with E-state index in [2.05, 4.69) is 15.3 Å². The number of aromatic nitrogens is 2. The Hall–Kier alpha value is -1.68. The van der Waals surface area contributed by atoms with Gasteiger partial charge < -0.3 is 5.32 Å². The number of hydrogen-bond acceptors (Lipinski definition) is 3. The Labute approximate surface area is 104 Å². The van der Waals surface area contributed by atoms with Crippen LogP contribution in [0.5, 0.6) is 0 Å². The topological polar surface area (TPSA) is 37.8 Å². The van der Waals surface area contributed by atoms with E-state index in [0.717, 1.165) is 11.1 Å². The maximum absolute atomic E-state index is 12.7. The van der Waals surface area contributed by atoms with Crippen molar-refractivity contribution in [2.75, 3.05) is 5.32 Å². The SMILES string of the molecule is Cc1c(Cl)ncnc1NCc1ccc(F)cc1. The third-order valence-corrected chi connectivity index (χ3v) is 2.78. The van der Waals surface area contributed by atoms with Crippen LogP contribution in [0, 0.1) is 12.7 Å². The zero-order valence-electron chi connectivity index (χ0n) is 9.24. The normalized spacial score (nSPS) is 10.3. The minimum atomic E-state index is -0.241. The first-order chi connectivity index (χ1) is 8.16. The van der Waals surface area contributed by atoms with Gasteiger partial charge in [0.05, 0.1) is 0 Å². The predicted molar refractivity (Wildman–Crippen MR) is 65.5 cm³/mol. The highest BCUT2D eigenvalue weighted by Crippen LogP contribution is 2.18. The van der Waals surface area contributed by atoms with E-state index in [-0.39, 0.29) is 5.82 Å². The van der Waals surface area contributed by atoms with Crippen molar-refractivity contribution in [3.05, 3.63) is 52.7 Å². The van der Waals surface area contributed by atoms with E-state index in [1.807, 2.05) is 6.92 Å². The number of anilines is 1. The standard InChI is InChI=1S/C12H11ClFN3/c1-8-11(13)16-7-17-12(8)15-6-9-2-4-10(14)5-3-9/h2-5,7H,6H2,1H3,(H,15,16,17). The molecule has 1 heterocycles. The van der Waals surface area contributed by atoms with E-state index in [0.29, 0.717) is 17.5 Å². The van der Waals surface area contributed by atoms with Crippen LogP contribution in [0.4, 0.5) is 10.2 Å². The lowest BCUT2D eigenvalue weighted by Gasteiger charge is -2.08. The van der Waals surface area contributed by atoms with Gasteiger partial charge in [-0.15, -0.1) is 0 Å². The molecule has 0 atom stereocenters. The fourth-order valence-corrected chi connectivity index (χ4v) is 1.53. The third kappa shape index (κ3) is 2.91. The van der Waals surface area contributed by atoms with Crippen LogP contribution in [-0.4, -0.2) is 9.97 Å². The van der Waals surface area contributed by atoms with E-state index in [1.54, 1.807) is 12.1 Å². The van der Waals surface area contributed by atoms with Gasteiger partial charge in [0.25, 0.3) is 0 Å². The van der Waals surface area contributed by atoms with Gasteiger partial charge in [-0.25, -0.2) is 14.4 Å². The van der Waals surface area contributed by atoms with E-state index in [1.165, 1.54) is 18.5 Å². The molecular formula is C12H11ClFN3. The molecular weight excluding hydrogens is 241 g/mol. The molecule has 88 valence electrons. The highest BCUT2D eigenvalue weighted by atomic mass is 35.5. The zero-order valence-corrected chi connectivity index (χ0v) is 10.0. The summed E-state index contributed by atoms with van der Waals surface area (Å²) in [6.45, 7) is 2.41. The van der Waals surface area contributed by atoms with Crippen LogP contribution in [0.25, 0.3) is 0 Å². The summed E-state index contributed by atoms with van der Waals surface area (Å²) >= 11 is 5.88. The van der Waals surface area contributed by atoms with Gasteiger partial charge in [-0.1, -0.05) is 23.7 Å². The minimum Gasteiger partial charge on any atom is -0.366 e. The number of nitrogens with zero attached hydrogens (tertiary/aromatic N) is 2. The van der Waals surface area contributed by atoms with Crippen LogP contribution in [0.2, 0.25) is 5.15 Å². The fourth-order valence-electron chi connectivity index (χ4n) is 1.39. The third-order valence-electron chi connectivity index (χ3n) is 2.40. The molecule has 2 rings (SSSR count).